The molecule has 1 amide bonds. The van der Waals surface area contributed by atoms with Crippen molar-refractivity contribution in [1.82, 2.24) is 5.32 Å². The predicted molar refractivity (Wildman–Crippen MR) is 73.3 cm³/mol. The maximum atomic E-state index is 12.1. The molecule has 0 spiro atoms. The lowest BCUT2D eigenvalue weighted by Crippen LogP contribution is -2.40. The van der Waals surface area contributed by atoms with Gasteiger partial charge in [0.1, 0.15) is 17.5 Å². The molecule has 1 unspecified atom stereocenters. The van der Waals surface area contributed by atoms with Gasteiger partial charge < -0.3 is 19.9 Å². The molecule has 0 bridgehead atoms. The van der Waals surface area contributed by atoms with Crippen molar-refractivity contribution in [1.29, 1.82) is 0 Å². The standard InChI is InChI=1S/C14H17NO5/c1-4-5-11(14(17)18)15-13(16)10-7-6-9(19-2)8-12(10)20-3/h4,6-8,11H,1,5H2,2-3H3,(H,15,16)(H,17,18). The molecule has 1 atom stereocenters. The van der Waals surface area contributed by atoms with E-state index < -0.39 is 17.9 Å². The number of aliphatic carboxylic acids is 1. The van der Waals surface area contributed by atoms with E-state index in [-0.39, 0.29) is 12.0 Å². The number of nitrogens with one attached hydrogen (secondary N) is 1. The third-order valence-corrected chi connectivity index (χ3v) is 2.66. The molecule has 0 aliphatic carbocycles. The number of carboxylic acid groups (broad SMARTS) is 1. The third kappa shape index (κ3) is 3.74. The summed E-state index contributed by atoms with van der Waals surface area (Å²) in [5.74, 6) is -0.798. The Labute approximate surface area is 117 Å². The van der Waals surface area contributed by atoms with Crippen LogP contribution in [0, 0.1) is 0 Å². The topological polar surface area (TPSA) is 84.9 Å². The van der Waals surface area contributed by atoms with E-state index >= 15 is 0 Å². The Bertz CT molecular complexity index is 512. The number of amides is 1. The van der Waals surface area contributed by atoms with Crippen LogP contribution >= 0.6 is 0 Å². The molecule has 0 saturated heterocycles. The lowest BCUT2D eigenvalue weighted by molar-refractivity contribution is -0.139. The van der Waals surface area contributed by atoms with Crippen LogP contribution in [0.1, 0.15) is 16.8 Å². The van der Waals surface area contributed by atoms with Gasteiger partial charge in [-0.25, -0.2) is 4.79 Å². The highest BCUT2D eigenvalue weighted by atomic mass is 16.5. The first kappa shape index (κ1) is 15.6. The van der Waals surface area contributed by atoms with E-state index in [4.69, 9.17) is 14.6 Å². The Morgan fingerprint density at radius 3 is 2.60 bits per heavy atom. The Balaban J connectivity index is 2.96. The summed E-state index contributed by atoms with van der Waals surface area (Å²) in [5, 5.41) is 11.4. The zero-order chi connectivity index (χ0) is 15.1. The van der Waals surface area contributed by atoms with Crippen LogP contribution in [0.15, 0.2) is 30.9 Å². The zero-order valence-corrected chi connectivity index (χ0v) is 11.4. The molecule has 0 heterocycles. The van der Waals surface area contributed by atoms with Gasteiger partial charge in [0.25, 0.3) is 5.91 Å². The van der Waals surface area contributed by atoms with Crippen molar-refractivity contribution >= 4 is 11.9 Å². The number of carbonyl (C=O) groups is 2. The first-order valence-corrected chi connectivity index (χ1v) is 5.90. The van der Waals surface area contributed by atoms with Gasteiger partial charge in [-0.05, 0) is 18.6 Å². The normalized spacial score (nSPS) is 11.3. The van der Waals surface area contributed by atoms with Crippen LogP contribution in [0.5, 0.6) is 11.5 Å². The van der Waals surface area contributed by atoms with E-state index in [1.807, 2.05) is 0 Å². The van der Waals surface area contributed by atoms with Gasteiger partial charge in [0.05, 0.1) is 19.8 Å². The average molecular weight is 279 g/mol. The van der Waals surface area contributed by atoms with Gasteiger partial charge in [0, 0.05) is 6.07 Å². The number of hydrogen-bond donors (Lipinski definition) is 2. The fourth-order valence-corrected chi connectivity index (χ4v) is 1.61. The fourth-order valence-electron chi connectivity index (χ4n) is 1.61. The third-order valence-electron chi connectivity index (χ3n) is 2.66. The number of hydrogen-bond acceptors (Lipinski definition) is 4. The maximum Gasteiger partial charge on any atom is 0.326 e. The highest BCUT2D eigenvalue weighted by Crippen LogP contribution is 2.24. The largest absolute Gasteiger partial charge is 0.497 e. The zero-order valence-electron chi connectivity index (χ0n) is 11.4. The van der Waals surface area contributed by atoms with E-state index in [9.17, 15) is 9.59 Å². The lowest BCUT2D eigenvalue weighted by atomic mass is 10.1. The van der Waals surface area contributed by atoms with Gasteiger partial charge >= 0.3 is 5.97 Å². The van der Waals surface area contributed by atoms with E-state index in [1.54, 1.807) is 12.1 Å². The SMILES string of the molecule is C=CCC(NC(=O)c1ccc(OC)cc1OC)C(=O)O. The van der Waals surface area contributed by atoms with Crippen molar-refractivity contribution in [3.8, 4) is 11.5 Å². The summed E-state index contributed by atoms with van der Waals surface area (Å²) >= 11 is 0. The highest BCUT2D eigenvalue weighted by Gasteiger charge is 2.21. The smallest absolute Gasteiger partial charge is 0.326 e. The highest BCUT2D eigenvalue weighted by molar-refractivity contribution is 5.99. The number of benzene rings is 1. The van der Waals surface area contributed by atoms with E-state index in [0.29, 0.717) is 11.5 Å². The van der Waals surface area contributed by atoms with Gasteiger partial charge in [0.2, 0.25) is 0 Å². The Hall–Kier alpha value is -2.50. The molecule has 1 aromatic rings. The van der Waals surface area contributed by atoms with Gasteiger partial charge in [-0.15, -0.1) is 6.58 Å². The minimum absolute atomic E-state index is 0.138. The van der Waals surface area contributed by atoms with Gasteiger partial charge in [-0.1, -0.05) is 6.08 Å². The second kappa shape index (κ2) is 7.18. The Morgan fingerprint density at radius 2 is 2.10 bits per heavy atom. The molecular weight excluding hydrogens is 262 g/mol. The van der Waals surface area contributed by atoms with Crippen LogP contribution in [-0.2, 0) is 4.79 Å². The van der Waals surface area contributed by atoms with E-state index in [2.05, 4.69) is 11.9 Å². The van der Waals surface area contributed by atoms with Crippen molar-refractivity contribution in [2.24, 2.45) is 0 Å². The van der Waals surface area contributed by atoms with Gasteiger partial charge in [-0.3, -0.25) is 4.79 Å². The molecule has 20 heavy (non-hydrogen) atoms. The number of rotatable bonds is 7. The molecule has 1 rings (SSSR count). The average Bonchev–Trinajstić information content (AvgIpc) is 2.45. The maximum absolute atomic E-state index is 12.1. The molecule has 0 fully saturated rings. The first-order chi connectivity index (χ1) is 9.53. The molecule has 6 nitrogen and oxygen atoms in total. The van der Waals surface area contributed by atoms with Gasteiger partial charge in [-0.2, -0.15) is 0 Å². The molecule has 2 N–H and O–H groups in total. The minimum Gasteiger partial charge on any atom is -0.497 e. The molecule has 0 aliphatic heterocycles. The number of methoxy groups -OCH3 is 2. The summed E-state index contributed by atoms with van der Waals surface area (Å²) in [6.45, 7) is 3.46. The van der Waals surface area contributed by atoms with Crippen LogP contribution in [0.2, 0.25) is 0 Å². The quantitative estimate of drug-likeness (QED) is 0.738. The second-order valence-electron chi connectivity index (χ2n) is 3.95. The minimum atomic E-state index is -1.12. The Morgan fingerprint density at radius 1 is 1.40 bits per heavy atom. The van der Waals surface area contributed by atoms with Crippen LogP contribution in [-0.4, -0.2) is 37.2 Å². The van der Waals surface area contributed by atoms with Crippen LogP contribution < -0.4 is 14.8 Å². The first-order valence-electron chi connectivity index (χ1n) is 5.90. The Kier molecular flexibility index (Phi) is 5.58. The molecule has 0 aromatic heterocycles. The van der Waals surface area contributed by atoms with Crippen molar-refractivity contribution in [3.05, 3.63) is 36.4 Å². The molecular formula is C14H17NO5. The molecule has 0 saturated carbocycles. The van der Waals surface area contributed by atoms with Crippen molar-refractivity contribution in [2.75, 3.05) is 14.2 Å². The summed E-state index contributed by atoms with van der Waals surface area (Å²) in [6, 6.07) is 3.64. The summed E-state index contributed by atoms with van der Waals surface area (Å²) in [6.07, 6.45) is 1.57. The summed E-state index contributed by atoms with van der Waals surface area (Å²) in [4.78, 5) is 23.1. The fraction of sp³-hybridized carbons (Fsp3) is 0.286. The summed E-state index contributed by atoms with van der Waals surface area (Å²) in [5.41, 5.74) is 0.239. The van der Waals surface area contributed by atoms with Crippen molar-refractivity contribution < 1.29 is 24.2 Å². The monoisotopic (exact) mass is 279 g/mol. The summed E-state index contributed by atoms with van der Waals surface area (Å²) in [7, 11) is 2.92. The predicted octanol–water partition coefficient (Wildman–Crippen LogP) is 1.46. The van der Waals surface area contributed by atoms with Gasteiger partial charge in [0.15, 0.2) is 0 Å². The van der Waals surface area contributed by atoms with Crippen LogP contribution in [0.3, 0.4) is 0 Å². The van der Waals surface area contributed by atoms with Crippen LogP contribution in [0.25, 0.3) is 0 Å². The number of carbonyl (C=O) groups excluding carboxylic acids is 1. The number of carboxylic acids is 1. The van der Waals surface area contributed by atoms with Crippen molar-refractivity contribution in [3.63, 3.8) is 0 Å². The molecule has 1 aromatic carbocycles. The number of ether oxygens (including phenoxy) is 2. The molecule has 6 heteroatoms. The van der Waals surface area contributed by atoms with Crippen molar-refractivity contribution in [2.45, 2.75) is 12.5 Å². The molecule has 108 valence electrons. The van der Waals surface area contributed by atoms with Crippen LogP contribution in [0.4, 0.5) is 0 Å². The lowest BCUT2D eigenvalue weighted by Gasteiger charge is -2.14. The molecule has 0 radical (unpaired) electrons. The summed E-state index contributed by atoms with van der Waals surface area (Å²) < 4.78 is 10.1. The second-order valence-corrected chi connectivity index (χ2v) is 3.95. The van der Waals surface area contributed by atoms with E-state index in [0.717, 1.165) is 0 Å². The van der Waals surface area contributed by atoms with E-state index in [1.165, 1.54) is 26.4 Å². The molecule has 0 aliphatic rings.